The van der Waals surface area contributed by atoms with Crippen molar-refractivity contribution >= 4 is 27.3 Å². The highest BCUT2D eigenvalue weighted by Gasteiger charge is 2.13. The molecule has 0 atom stereocenters. The molecule has 0 aliphatic rings. The summed E-state index contributed by atoms with van der Waals surface area (Å²) in [7, 11) is 3.07. The second kappa shape index (κ2) is 6.62. The van der Waals surface area contributed by atoms with Crippen molar-refractivity contribution in [1.82, 2.24) is 9.97 Å². The zero-order valence-electron chi connectivity index (χ0n) is 12.6. The summed E-state index contributed by atoms with van der Waals surface area (Å²) in [6, 6.07) is 6.86. The maximum Gasteiger partial charge on any atom is 0.225 e. The summed E-state index contributed by atoms with van der Waals surface area (Å²) in [6.45, 7) is -0.114. The second-order valence-electron chi connectivity index (χ2n) is 4.60. The van der Waals surface area contributed by atoms with E-state index in [1.165, 1.54) is 24.8 Å². The van der Waals surface area contributed by atoms with Crippen LogP contribution < -0.4 is 14.2 Å². The first kappa shape index (κ1) is 15.2. The Labute approximate surface area is 136 Å². The smallest absolute Gasteiger partial charge is 0.225 e. The highest BCUT2D eigenvalue weighted by Crippen LogP contribution is 2.28. The Kier molecular flexibility index (Phi) is 4.38. The van der Waals surface area contributed by atoms with Gasteiger partial charge in [0, 0.05) is 5.56 Å². The minimum Gasteiger partial charge on any atom is -0.493 e. The van der Waals surface area contributed by atoms with Crippen LogP contribution in [0.25, 0.3) is 10.2 Å². The Morgan fingerprint density at radius 3 is 2.74 bits per heavy atom. The van der Waals surface area contributed by atoms with E-state index >= 15 is 0 Å². The minimum atomic E-state index is -0.173. The van der Waals surface area contributed by atoms with E-state index in [2.05, 4.69) is 9.97 Å². The Balaban J connectivity index is 1.76. The molecule has 3 rings (SSSR count). The van der Waals surface area contributed by atoms with E-state index < -0.39 is 0 Å². The van der Waals surface area contributed by atoms with Gasteiger partial charge in [-0.3, -0.25) is 4.79 Å². The molecule has 0 unspecified atom stereocenters. The lowest BCUT2D eigenvalue weighted by atomic mass is 10.1. The Bertz CT molecular complexity index is 847. The summed E-state index contributed by atoms with van der Waals surface area (Å²) in [4.78, 5) is 21.3. The van der Waals surface area contributed by atoms with Gasteiger partial charge in [0.2, 0.25) is 5.88 Å². The van der Waals surface area contributed by atoms with E-state index in [0.29, 0.717) is 22.9 Å². The summed E-state index contributed by atoms with van der Waals surface area (Å²) >= 11 is 1.49. The van der Waals surface area contributed by atoms with Crippen LogP contribution >= 0.6 is 11.3 Å². The molecule has 0 radical (unpaired) electrons. The number of ketones is 1. The van der Waals surface area contributed by atoms with E-state index in [0.717, 1.165) is 10.2 Å². The molecule has 1 aromatic carbocycles. The van der Waals surface area contributed by atoms with Gasteiger partial charge in [0.15, 0.2) is 23.9 Å². The minimum absolute atomic E-state index is 0.114. The van der Waals surface area contributed by atoms with Gasteiger partial charge in [0.1, 0.15) is 11.2 Å². The predicted molar refractivity (Wildman–Crippen MR) is 86.8 cm³/mol. The molecule has 0 saturated carbocycles. The number of hydrogen-bond acceptors (Lipinski definition) is 7. The Morgan fingerprint density at radius 2 is 1.96 bits per heavy atom. The van der Waals surface area contributed by atoms with Crippen LogP contribution in [-0.4, -0.2) is 36.6 Å². The SMILES string of the molecule is COc1ccc(C(=O)COc2ncnc3sccc23)cc1OC. The highest BCUT2D eigenvalue weighted by atomic mass is 32.1. The van der Waals surface area contributed by atoms with Crippen LogP contribution in [0, 0.1) is 0 Å². The van der Waals surface area contributed by atoms with Crippen LogP contribution in [0.15, 0.2) is 36.0 Å². The van der Waals surface area contributed by atoms with Crippen LogP contribution in [0.3, 0.4) is 0 Å². The van der Waals surface area contributed by atoms with Crippen molar-refractivity contribution < 1.29 is 19.0 Å². The van der Waals surface area contributed by atoms with Gasteiger partial charge in [-0.25, -0.2) is 9.97 Å². The summed E-state index contributed by atoms with van der Waals surface area (Å²) in [5, 5.41) is 2.71. The second-order valence-corrected chi connectivity index (χ2v) is 5.49. The molecule has 2 aromatic heterocycles. The van der Waals surface area contributed by atoms with Crippen molar-refractivity contribution in [1.29, 1.82) is 0 Å². The third kappa shape index (κ3) is 3.09. The standard InChI is InChI=1S/C16H14N2O4S/c1-20-13-4-3-10(7-14(13)21-2)12(19)8-22-15-11-5-6-23-16(11)18-9-17-15/h3-7,9H,8H2,1-2H3. The monoisotopic (exact) mass is 330 g/mol. The number of ether oxygens (including phenoxy) is 3. The van der Waals surface area contributed by atoms with E-state index in [1.54, 1.807) is 25.3 Å². The normalized spacial score (nSPS) is 10.5. The molecule has 23 heavy (non-hydrogen) atoms. The van der Waals surface area contributed by atoms with Crippen molar-refractivity contribution in [2.45, 2.75) is 0 Å². The first-order valence-electron chi connectivity index (χ1n) is 6.79. The molecule has 3 aromatic rings. The van der Waals surface area contributed by atoms with E-state index in [9.17, 15) is 4.79 Å². The lowest BCUT2D eigenvalue weighted by molar-refractivity contribution is 0.0919. The summed E-state index contributed by atoms with van der Waals surface area (Å²) in [6.07, 6.45) is 1.43. The zero-order chi connectivity index (χ0) is 16.2. The van der Waals surface area contributed by atoms with Gasteiger partial charge in [-0.1, -0.05) is 0 Å². The molecule has 2 heterocycles. The van der Waals surface area contributed by atoms with E-state index in [4.69, 9.17) is 14.2 Å². The number of methoxy groups -OCH3 is 2. The van der Waals surface area contributed by atoms with Gasteiger partial charge in [0.25, 0.3) is 0 Å². The molecule has 0 amide bonds. The number of hydrogen-bond donors (Lipinski definition) is 0. The maximum absolute atomic E-state index is 12.3. The fourth-order valence-electron chi connectivity index (χ4n) is 2.11. The van der Waals surface area contributed by atoms with Crippen LogP contribution in [-0.2, 0) is 0 Å². The Morgan fingerprint density at radius 1 is 1.13 bits per heavy atom. The first-order valence-corrected chi connectivity index (χ1v) is 7.67. The number of fused-ring (bicyclic) bond motifs is 1. The lowest BCUT2D eigenvalue weighted by Crippen LogP contribution is -2.12. The number of Topliss-reactive ketones (excluding diaryl/α,β-unsaturated/α-hetero) is 1. The van der Waals surface area contributed by atoms with Gasteiger partial charge in [-0.05, 0) is 29.6 Å². The molecule has 0 fully saturated rings. The molecule has 0 saturated heterocycles. The molecule has 0 N–H and O–H groups in total. The molecular weight excluding hydrogens is 316 g/mol. The molecule has 6 nitrogen and oxygen atoms in total. The van der Waals surface area contributed by atoms with Crippen molar-refractivity contribution in [3.63, 3.8) is 0 Å². The number of benzene rings is 1. The van der Waals surface area contributed by atoms with Gasteiger partial charge >= 0.3 is 0 Å². The Hall–Kier alpha value is -2.67. The van der Waals surface area contributed by atoms with Crippen LogP contribution in [0.4, 0.5) is 0 Å². The molecule has 0 aliphatic heterocycles. The van der Waals surface area contributed by atoms with Crippen LogP contribution in [0.2, 0.25) is 0 Å². The number of aromatic nitrogens is 2. The third-order valence-corrected chi connectivity index (χ3v) is 4.09. The quantitative estimate of drug-likeness (QED) is 0.647. The van der Waals surface area contributed by atoms with Crippen molar-refractivity contribution in [2.75, 3.05) is 20.8 Å². The van der Waals surface area contributed by atoms with E-state index in [-0.39, 0.29) is 12.4 Å². The van der Waals surface area contributed by atoms with Crippen molar-refractivity contribution in [3.05, 3.63) is 41.5 Å². The number of thiophene rings is 1. The summed E-state index contributed by atoms with van der Waals surface area (Å²) in [5.41, 5.74) is 0.485. The first-order chi connectivity index (χ1) is 11.2. The molecule has 118 valence electrons. The fourth-order valence-corrected chi connectivity index (χ4v) is 2.83. The van der Waals surface area contributed by atoms with Gasteiger partial charge in [-0.2, -0.15) is 0 Å². The molecule has 0 bridgehead atoms. The van der Waals surface area contributed by atoms with Gasteiger partial charge in [-0.15, -0.1) is 11.3 Å². The number of carbonyl (C=O) groups excluding carboxylic acids is 1. The number of carbonyl (C=O) groups is 1. The average Bonchev–Trinajstić information content (AvgIpc) is 3.08. The fraction of sp³-hybridized carbons (Fsp3) is 0.188. The summed E-state index contributed by atoms with van der Waals surface area (Å²) in [5.74, 6) is 1.30. The van der Waals surface area contributed by atoms with E-state index in [1.807, 2.05) is 11.4 Å². The highest BCUT2D eigenvalue weighted by molar-refractivity contribution is 7.16. The van der Waals surface area contributed by atoms with Crippen LogP contribution in [0.5, 0.6) is 17.4 Å². The molecule has 0 aliphatic carbocycles. The average molecular weight is 330 g/mol. The molecular formula is C16H14N2O4S. The maximum atomic E-state index is 12.3. The zero-order valence-corrected chi connectivity index (χ0v) is 13.4. The molecule has 7 heteroatoms. The number of nitrogens with zero attached hydrogens (tertiary/aromatic N) is 2. The predicted octanol–water partition coefficient (Wildman–Crippen LogP) is 2.97. The summed E-state index contributed by atoms with van der Waals surface area (Å²) < 4.78 is 15.9. The van der Waals surface area contributed by atoms with Crippen LogP contribution in [0.1, 0.15) is 10.4 Å². The topological polar surface area (TPSA) is 70.5 Å². The number of rotatable bonds is 6. The van der Waals surface area contributed by atoms with Gasteiger partial charge in [0.05, 0.1) is 19.6 Å². The largest absolute Gasteiger partial charge is 0.493 e. The third-order valence-electron chi connectivity index (χ3n) is 3.27. The molecule has 0 spiro atoms. The lowest BCUT2D eigenvalue weighted by Gasteiger charge is -2.09. The van der Waals surface area contributed by atoms with Gasteiger partial charge < -0.3 is 14.2 Å². The van der Waals surface area contributed by atoms with Crippen molar-refractivity contribution in [3.8, 4) is 17.4 Å². The van der Waals surface area contributed by atoms with Crippen molar-refractivity contribution in [2.24, 2.45) is 0 Å².